The van der Waals surface area contributed by atoms with Crippen molar-refractivity contribution < 1.29 is 4.52 Å². The lowest BCUT2D eigenvalue weighted by atomic mass is 10.0. The van der Waals surface area contributed by atoms with E-state index >= 15 is 0 Å². The van der Waals surface area contributed by atoms with Gasteiger partial charge in [-0.25, -0.2) is 0 Å². The van der Waals surface area contributed by atoms with Crippen LogP contribution in [0.4, 0.5) is 0 Å². The van der Waals surface area contributed by atoms with E-state index in [0.29, 0.717) is 0 Å². The van der Waals surface area contributed by atoms with Crippen LogP contribution in [0.15, 0.2) is 34.9 Å². The fourth-order valence-corrected chi connectivity index (χ4v) is 1.65. The first-order valence-electron chi connectivity index (χ1n) is 5.50. The Hall–Kier alpha value is -1.61. The third-order valence-electron chi connectivity index (χ3n) is 2.75. The van der Waals surface area contributed by atoms with E-state index in [0.717, 1.165) is 23.4 Å². The smallest absolute Gasteiger partial charge is 0.154 e. The van der Waals surface area contributed by atoms with Crippen molar-refractivity contribution >= 4 is 0 Å². The van der Waals surface area contributed by atoms with Crippen molar-refractivity contribution in [1.82, 2.24) is 5.16 Å². The lowest BCUT2D eigenvalue weighted by Gasteiger charge is -2.01. The number of hydrogen-bond acceptors (Lipinski definition) is 3. The predicted molar refractivity (Wildman–Crippen MR) is 63.9 cm³/mol. The molecular formula is C13H16N2O. The maximum absolute atomic E-state index is 5.89. The Kier molecular flexibility index (Phi) is 3.06. The molecular weight excluding hydrogens is 200 g/mol. The Morgan fingerprint density at radius 1 is 1.38 bits per heavy atom. The van der Waals surface area contributed by atoms with Gasteiger partial charge in [0.1, 0.15) is 5.69 Å². The highest BCUT2D eigenvalue weighted by Crippen LogP contribution is 2.25. The summed E-state index contributed by atoms with van der Waals surface area (Å²) in [6.07, 6.45) is 0.850. The Balaban J connectivity index is 2.35. The zero-order valence-corrected chi connectivity index (χ0v) is 9.60. The zero-order chi connectivity index (χ0) is 11.5. The van der Waals surface area contributed by atoms with E-state index in [-0.39, 0.29) is 6.04 Å². The topological polar surface area (TPSA) is 52.0 Å². The van der Waals surface area contributed by atoms with Crippen molar-refractivity contribution in [2.24, 2.45) is 5.73 Å². The average molecular weight is 216 g/mol. The van der Waals surface area contributed by atoms with Gasteiger partial charge in [-0.3, -0.25) is 0 Å². The summed E-state index contributed by atoms with van der Waals surface area (Å²) < 4.78 is 5.25. The van der Waals surface area contributed by atoms with Crippen LogP contribution in [0.3, 0.4) is 0 Å². The fourth-order valence-electron chi connectivity index (χ4n) is 1.65. The van der Waals surface area contributed by atoms with Gasteiger partial charge in [0.2, 0.25) is 0 Å². The number of benzene rings is 1. The predicted octanol–water partition coefficient (Wildman–Crippen LogP) is 3.06. The van der Waals surface area contributed by atoms with Crippen LogP contribution in [0.2, 0.25) is 0 Å². The summed E-state index contributed by atoms with van der Waals surface area (Å²) in [5, 5.41) is 4.06. The second kappa shape index (κ2) is 4.49. The van der Waals surface area contributed by atoms with E-state index in [1.54, 1.807) is 0 Å². The van der Waals surface area contributed by atoms with Crippen LogP contribution >= 0.6 is 0 Å². The normalized spacial score (nSPS) is 12.7. The van der Waals surface area contributed by atoms with Gasteiger partial charge in [0.15, 0.2) is 5.76 Å². The van der Waals surface area contributed by atoms with Crippen molar-refractivity contribution in [3.63, 3.8) is 0 Å². The molecule has 3 heteroatoms. The standard InChI is InChI=1S/C13H16N2O/c1-3-11(14)13-8-12(15-16-13)10-7-5-4-6-9(10)2/h4-8,11H,3,14H2,1-2H3. The van der Waals surface area contributed by atoms with Crippen molar-refractivity contribution in [2.75, 3.05) is 0 Å². The molecule has 1 heterocycles. The number of nitrogens with zero attached hydrogens (tertiary/aromatic N) is 1. The lowest BCUT2D eigenvalue weighted by molar-refractivity contribution is 0.360. The zero-order valence-electron chi connectivity index (χ0n) is 9.60. The van der Waals surface area contributed by atoms with Gasteiger partial charge in [0.25, 0.3) is 0 Å². The first kappa shape index (κ1) is 10.9. The van der Waals surface area contributed by atoms with Crippen LogP contribution in [-0.4, -0.2) is 5.16 Å². The maximum Gasteiger partial charge on any atom is 0.154 e. The second-order valence-corrected chi connectivity index (χ2v) is 3.94. The lowest BCUT2D eigenvalue weighted by Crippen LogP contribution is -2.06. The summed E-state index contributed by atoms with van der Waals surface area (Å²) >= 11 is 0. The molecule has 2 rings (SSSR count). The number of aryl methyl sites for hydroxylation is 1. The molecule has 16 heavy (non-hydrogen) atoms. The number of aromatic nitrogens is 1. The Morgan fingerprint density at radius 3 is 2.81 bits per heavy atom. The fraction of sp³-hybridized carbons (Fsp3) is 0.308. The molecule has 0 aliphatic heterocycles. The van der Waals surface area contributed by atoms with Crippen LogP contribution < -0.4 is 5.73 Å². The summed E-state index contributed by atoms with van der Waals surface area (Å²) in [7, 11) is 0. The molecule has 2 N–H and O–H groups in total. The summed E-state index contributed by atoms with van der Waals surface area (Å²) in [6, 6.07) is 9.97. The highest BCUT2D eigenvalue weighted by Gasteiger charge is 2.12. The SMILES string of the molecule is CCC(N)c1cc(-c2ccccc2C)no1. The molecule has 3 nitrogen and oxygen atoms in total. The molecule has 1 atom stereocenters. The molecule has 0 saturated heterocycles. The molecule has 1 unspecified atom stereocenters. The van der Waals surface area contributed by atoms with Crippen LogP contribution in [0.1, 0.15) is 30.7 Å². The van der Waals surface area contributed by atoms with Gasteiger partial charge in [-0.15, -0.1) is 0 Å². The van der Waals surface area contributed by atoms with E-state index in [1.807, 2.05) is 31.2 Å². The van der Waals surface area contributed by atoms with E-state index < -0.39 is 0 Å². The molecule has 0 aliphatic rings. The number of nitrogens with two attached hydrogens (primary N) is 1. The summed E-state index contributed by atoms with van der Waals surface area (Å²) in [5.41, 5.74) is 9.03. The Labute approximate surface area is 95.3 Å². The summed E-state index contributed by atoms with van der Waals surface area (Å²) in [6.45, 7) is 4.09. The monoisotopic (exact) mass is 216 g/mol. The molecule has 0 aliphatic carbocycles. The van der Waals surface area contributed by atoms with Crippen molar-refractivity contribution in [1.29, 1.82) is 0 Å². The van der Waals surface area contributed by atoms with E-state index in [9.17, 15) is 0 Å². The molecule has 0 amide bonds. The second-order valence-electron chi connectivity index (χ2n) is 3.94. The molecule has 0 fully saturated rings. The van der Waals surface area contributed by atoms with E-state index in [2.05, 4.69) is 18.1 Å². The average Bonchev–Trinajstić information content (AvgIpc) is 2.78. The van der Waals surface area contributed by atoms with Gasteiger partial charge in [-0.05, 0) is 18.9 Å². The quantitative estimate of drug-likeness (QED) is 0.857. The van der Waals surface area contributed by atoms with E-state index in [4.69, 9.17) is 10.3 Å². The van der Waals surface area contributed by atoms with Crippen molar-refractivity contribution in [3.05, 3.63) is 41.7 Å². The minimum atomic E-state index is -0.0646. The van der Waals surface area contributed by atoms with E-state index in [1.165, 1.54) is 5.56 Å². The first-order chi connectivity index (χ1) is 7.72. The van der Waals surface area contributed by atoms with Crippen molar-refractivity contribution in [2.45, 2.75) is 26.3 Å². The highest BCUT2D eigenvalue weighted by atomic mass is 16.5. The number of hydrogen-bond donors (Lipinski definition) is 1. The van der Waals surface area contributed by atoms with Crippen LogP contribution in [0, 0.1) is 6.92 Å². The molecule has 2 aromatic rings. The van der Waals surface area contributed by atoms with Crippen molar-refractivity contribution in [3.8, 4) is 11.3 Å². The van der Waals surface area contributed by atoms with Gasteiger partial charge in [0.05, 0.1) is 6.04 Å². The van der Waals surface area contributed by atoms with Gasteiger partial charge < -0.3 is 10.3 Å². The molecule has 84 valence electrons. The Morgan fingerprint density at radius 2 is 2.12 bits per heavy atom. The molecule has 0 bridgehead atoms. The summed E-state index contributed by atoms with van der Waals surface area (Å²) in [4.78, 5) is 0. The third-order valence-corrected chi connectivity index (χ3v) is 2.75. The van der Waals surface area contributed by atoms with Gasteiger partial charge in [-0.2, -0.15) is 0 Å². The van der Waals surface area contributed by atoms with Gasteiger partial charge >= 0.3 is 0 Å². The molecule has 0 saturated carbocycles. The van der Waals surface area contributed by atoms with Crippen LogP contribution in [0.25, 0.3) is 11.3 Å². The summed E-state index contributed by atoms with van der Waals surface area (Å²) in [5.74, 6) is 0.751. The largest absolute Gasteiger partial charge is 0.359 e. The molecule has 1 aromatic carbocycles. The maximum atomic E-state index is 5.89. The van der Waals surface area contributed by atoms with Crippen LogP contribution in [0.5, 0.6) is 0 Å². The van der Waals surface area contributed by atoms with Gasteiger partial charge in [0, 0.05) is 11.6 Å². The minimum absolute atomic E-state index is 0.0646. The Bertz CT molecular complexity index is 476. The molecule has 1 aromatic heterocycles. The molecule has 0 spiro atoms. The highest BCUT2D eigenvalue weighted by molar-refractivity contribution is 5.63. The van der Waals surface area contributed by atoms with Gasteiger partial charge in [-0.1, -0.05) is 36.3 Å². The first-order valence-corrected chi connectivity index (χ1v) is 5.50. The number of rotatable bonds is 3. The molecule has 0 radical (unpaired) electrons. The third kappa shape index (κ3) is 1.99. The van der Waals surface area contributed by atoms with Crippen LogP contribution in [-0.2, 0) is 0 Å². The minimum Gasteiger partial charge on any atom is -0.359 e.